The molecule has 0 aliphatic heterocycles. The zero-order valence-electron chi connectivity index (χ0n) is 12.2. The van der Waals surface area contributed by atoms with Crippen molar-refractivity contribution in [1.82, 2.24) is 19.1 Å². The van der Waals surface area contributed by atoms with E-state index in [0.717, 1.165) is 0 Å². The molecule has 10 heteroatoms. The van der Waals surface area contributed by atoms with Crippen molar-refractivity contribution in [3.63, 3.8) is 0 Å². The molecule has 2 rings (SSSR count). The zero-order chi connectivity index (χ0) is 16.3. The average molecular weight is 349 g/mol. The van der Waals surface area contributed by atoms with Gasteiger partial charge in [0.1, 0.15) is 0 Å². The first-order valence-corrected chi connectivity index (χ1v) is 8.07. The van der Waals surface area contributed by atoms with Gasteiger partial charge in [0.05, 0.1) is 12.7 Å². The van der Waals surface area contributed by atoms with Gasteiger partial charge in [0.25, 0.3) is 5.56 Å². The fourth-order valence-corrected chi connectivity index (χ4v) is 3.12. The second kappa shape index (κ2) is 7.32. The van der Waals surface area contributed by atoms with E-state index < -0.39 is 17.4 Å². The third kappa shape index (κ3) is 3.37. The Morgan fingerprint density at radius 3 is 2.86 bits per heavy atom. The zero-order valence-corrected chi connectivity index (χ0v) is 13.8. The van der Waals surface area contributed by atoms with Crippen molar-refractivity contribution >= 4 is 34.5 Å². The third-order valence-corrected chi connectivity index (χ3v) is 4.55. The van der Waals surface area contributed by atoms with Crippen LogP contribution in [0.15, 0.2) is 14.7 Å². The second-order valence-electron chi connectivity index (χ2n) is 4.65. The molecule has 0 aliphatic rings. The van der Waals surface area contributed by atoms with Gasteiger partial charge in [-0.25, -0.2) is 9.78 Å². The molecule has 0 saturated heterocycles. The van der Waals surface area contributed by atoms with Crippen LogP contribution < -0.4 is 11.2 Å². The number of ether oxygens (including phenoxy) is 1. The van der Waals surface area contributed by atoms with Gasteiger partial charge in [0, 0.05) is 32.3 Å². The number of nitrogens with zero attached hydrogens (tertiary/aromatic N) is 3. The van der Waals surface area contributed by atoms with Crippen molar-refractivity contribution in [3.05, 3.63) is 20.8 Å². The predicted octanol–water partition coefficient (Wildman–Crippen LogP) is -0.238. The van der Waals surface area contributed by atoms with Gasteiger partial charge in [-0.1, -0.05) is 11.8 Å². The minimum absolute atomic E-state index is 0.115. The number of alkyl halides is 1. The Bertz CT molecular complexity index is 769. The lowest BCUT2D eigenvalue weighted by molar-refractivity contribution is 0.186. The van der Waals surface area contributed by atoms with Crippen molar-refractivity contribution in [2.45, 2.75) is 17.8 Å². The standard InChI is InChI=1S/C12H17ClN4O4S/c1-16-9-8(10(19)15-11(16)20)17(3-4-21-2)12(14-9)22-6-7(18)5-13/h7,18H,3-6H2,1-2H3,(H,15,19,20). The number of aliphatic hydroxyl groups excluding tert-OH is 1. The topological polar surface area (TPSA) is 102 Å². The highest BCUT2D eigenvalue weighted by Crippen LogP contribution is 2.22. The van der Waals surface area contributed by atoms with Crippen molar-refractivity contribution in [1.29, 1.82) is 0 Å². The fraction of sp³-hybridized carbons (Fsp3) is 0.583. The van der Waals surface area contributed by atoms with Crippen molar-refractivity contribution < 1.29 is 9.84 Å². The Labute approximate surface area is 135 Å². The van der Waals surface area contributed by atoms with Crippen LogP contribution in [0.2, 0.25) is 0 Å². The van der Waals surface area contributed by atoms with E-state index in [2.05, 4.69) is 9.97 Å². The number of hydrogen-bond donors (Lipinski definition) is 2. The lowest BCUT2D eigenvalue weighted by atomic mass is 10.5. The van der Waals surface area contributed by atoms with Gasteiger partial charge >= 0.3 is 5.69 Å². The number of H-pyrrole nitrogens is 1. The van der Waals surface area contributed by atoms with E-state index in [1.165, 1.54) is 23.4 Å². The molecule has 2 aromatic heterocycles. The predicted molar refractivity (Wildman–Crippen MR) is 84.9 cm³/mol. The molecule has 0 aromatic carbocycles. The maximum atomic E-state index is 12.1. The Kier molecular flexibility index (Phi) is 5.68. The molecule has 0 radical (unpaired) electrons. The largest absolute Gasteiger partial charge is 0.391 e. The first-order chi connectivity index (χ1) is 10.5. The number of halogens is 1. The Morgan fingerprint density at radius 1 is 1.50 bits per heavy atom. The molecule has 0 saturated carbocycles. The number of aromatic amines is 1. The van der Waals surface area contributed by atoms with Crippen molar-refractivity contribution in [2.24, 2.45) is 7.05 Å². The summed E-state index contributed by atoms with van der Waals surface area (Å²) in [6.45, 7) is 0.799. The third-order valence-electron chi connectivity index (χ3n) is 3.07. The van der Waals surface area contributed by atoms with Gasteiger partial charge in [-0.3, -0.25) is 14.3 Å². The van der Waals surface area contributed by atoms with Gasteiger partial charge in [-0.05, 0) is 0 Å². The molecule has 22 heavy (non-hydrogen) atoms. The summed E-state index contributed by atoms with van der Waals surface area (Å²) in [5, 5.41) is 10.1. The minimum Gasteiger partial charge on any atom is -0.391 e. The molecular formula is C12H17ClN4O4S. The summed E-state index contributed by atoms with van der Waals surface area (Å²) in [6.07, 6.45) is -0.676. The number of imidazole rings is 1. The molecule has 0 aliphatic carbocycles. The first kappa shape index (κ1) is 17.1. The Balaban J connectivity index is 2.54. The smallest absolute Gasteiger partial charge is 0.329 e. The van der Waals surface area contributed by atoms with Gasteiger partial charge in [0.15, 0.2) is 16.3 Å². The fourth-order valence-electron chi connectivity index (χ4n) is 1.93. The molecule has 1 unspecified atom stereocenters. The van der Waals surface area contributed by atoms with Crippen LogP contribution in [0.4, 0.5) is 0 Å². The molecule has 0 spiro atoms. The number of methoxy groups -OCH3 is 1. The minimum atomic E-state index is -0.676. The van der Waals surface area contributed by atoms with Crippen LogP contribution in [0.5, 0.6) is 0 Å². The lowest BCUT2D eigenvalue weighted by Gasteiger charge is -2.09. The number of fused-ring (bicyclic) bond motifs is 1. The molecule has 1 atom stereocenters. The molecule has 0 amide bonds. The van der Waals surface area contributed by atoms with Crippen LogP contribution in [0.1, 0.15) is 0 Å². The van der Waals surface area contributed by atoms with E-state index >= 15 is 0 Å². The summed E-state index contributed by atoms with van der Waals surface area (Å²) < 4.78 is 8.01. The monoisotopic (exact) mass is 348 g/mol. The van der Waals surface area contributed by atoms with Gasteiger partial charge in [0.2, 0.25) is 0 Å². The summed E-state index contributed by atoms with van der Waals surface area (Å²) in [5.41, 5.74) is -0.410. The molecule has 8 nitrogen and oxygen atoms in total. The SMILES string of the molecule is COCCn1c(SCC(O)CCl)nc2c1c(=O)[nH]c(=O)n2C. The van der Waals surface area contributed by atoms with Gasteiger partial charge in [-0.2, -0.15) is 0 Å². The van der Waals surface area contributed by atoms with Crippen molar-refractivity contribution in [2.75, 3.05) is 25.3 Å². The van der Waals surface area contributed by atoms with Crippen LogP contribution >= 0.6 is 23.4 Å². The molecule has 0 bridgehead atoms. The van der Waals surface area contributed by atoms with Crippen LogP contribution in [-0.4, -0.2) is 55.7 Å². The Hall–Kier alpha value is -1.29. The summed E-state index contributed by atoms with van der Waals surface area (Å²) in [5.74, 6) is 0.454. The number of nitrogens with one attached hydrogen (secondary N) is 1. The van der Waals surface area contributed by atoms with E-state index in [1.807, 2.05) is 0 Å². The summed E-state index contributed by atoms with van der Waals surface area (Å²) in [7, 11) is 3.10. The maximum absolute atomic E-state index is 12.1. The van der Waals surface area contributed by atoms with Gasteiger partial charge < -0.3 is 14.4 Å². The summed E-state index contributed by atoms with van der Waals surface area (Å²) in [6, 6.07) is 0. The van der Waals surface area contributed by atoms with Crippen LogP contribution in [0, 0.1) is 0 Å². The average Bonchev–Trinajstić information content (AvgIpc) is 2.87. The summed E-state index contributed by atoms with van der Waals surface area (Å²) in [4.78, 5) is 30.4. The van der Waals surface area contributed by atoms with E-state index in [9.17, 15) is 14.7 Å². The second-order valence-corrected chi connectivity index (χ2v) is 5.94. The highest BCUT2D eigenvalue weighted by molar-refractivity contribution is 7.99. The maximum Gasteiger partial charge on any atom is 0.329 e. The molecular weight excluding hydrogens is 332 g/mol. The number of hydrogen-bond acceptors (Lipinski definition) is 6. The van der Waals surface area contributed by atoms with E-state index in [-0.39, 0.29) is 5.88 Å². The summed E-state index contributed by atoms with van der Waals surface area (Å²) >= 11 is 6.85. The lowest BCUT2D eigenvalue weighted by Crippen LogP contribution is -2.29. The normalized spacial score (nSPS) is 12.9. The number of aromatic nitrogens is 4. The van der Waals surface area contributed by atoms with Crippen LogP contribution in [0.3, 0.4) is 0 Å². The van der Waals surface area contributed by atoms with Crippen molar-refractivity contribution in [3.8, 4) is 0 Å². The molecule has 2 N–H and O–H groups in total. The van der Waals surface area contributed by atoms with E-state index in [0.29, 0.717) is 35.2 Å². The highest BCUT2D eigenvalue weighted by atomic mass is 35.5. The van der Waals surface area contributed by atoms with Crippen LogP contribution in [0.25, 0.3) is 11.2 Å². The molecule has 2 aromatic rings. The van der Waals surface area contributed by atoms with E-state index in [4.69, 9.17) is 16.3 Å². The number of aryl methyl sites for hydroxylation is 1. The highest BCUT2D eigenvalue weighted by Gasteiger charge is 2.18. The molecule has 0 fully saturated rings. The number of thioether (sulfide) groups is 1. The van der Waals surface area contributed by atoms with E-state index in [1.54, 1.807) is 11.7 Å². The quantitative estimate of drug-likeness (QED) is 0.529. The van der Waals surface area contributed by atoms with Gasteiger partial charge in [-0.15, -0.1) is 11.6 Å². The number of rotatable bonds is 7. The Morgan fingerprint density at radius 2 is 2.23 bits per heavy atom. The molecule has 122 valence electrons. The van der Waals surface area contributed by atoms with Crippen LogP contribution in [-0.2, 0) is 18.3 Å². The first-order valence-electron chi connectivity index (χ1n) is 6.55. The number of aliphatic hydroxyl groups is 1. The molecule has 2 heterocycles.